The van der Waals surface area contributed by atoms with E-state index in [1.165, 1.54) is 0 Å². The predicted molar refractivity (Wildman–Crippen MR) is 132 cm³/mol. The number of amides is 1. The number of carbonyl (C=O) groups excluding carboxylic acids is 2. The summed E-state index contributed by atoms with van der Waals surface area (Å²) in [6.07, 6.45) is 1.61. The fourth-order valence-electron chi connectivity index (χ4n) is 3.19. The lowest BCUT2D eigenvalue weighted by Crippen LogP contribution is -2.24. The van der Waals surface area contributed by atoms with Crippen LogP contribution >= 0.6 is 22.6 Å². The second-order valence-corrected chi connectivity index (χ2v) is 8.10. The third-order valence-electron chi connectivity index (χ3n) is 4.70. The molecule has 8 heteroatoms. The molecule has 0 radical (unpaired) electrons. The number of hydrazone groups is 1. The van der Waals surface area contributed by atoms with E-state index in [0.29, 0.717) is 17.9 Å². The fourth-order valence-corrected chi connectivity index (χ4v) is 3.73. The van der Waals surface area contributed by atoms with Crippen molar-refractivity contribution < 1.29 is 19.1 Å². The first-order chi connectivity index (χ1) is 15.4. The van der Waals surface area contributed by atoms with Crippen molar-refractivity contribution in [3.63, 3.8) is 0 Å². The number of halogens is 1. The number of aromatic nitrogens is 1. The minimum absolute atomic E-state index is 0.122. The summed E-state index contributed by atoms with van der Waals surface area (Å²) in [4.78, 5) is 23.9. The summed E-state index contributed by atoms with van der Waals surface area (Å²) < 4.78 is 13.5. The van der Waals surface area contributed by atoms with Gasteiger partial charge in [-0.25, -0.2) is 10.2 Å². The number of para-hydroxylation sites is 1. The summed E-state index contributed by atoms with van der Waals surface area (Å²) in [5.41, 5.74) is 6.75. The van der Waals surface area contributed by atoms with Crippen LogP contribution < -0.4 is 10.2 Å². The van der Waals surface area contributed by atoms with Gasteiger partial charge in [-0.1, -0.05) is 12.1 Å². The van der Waals surface area contributed by atoms with Crippen LogP contribution in [0.5, 0.6) is 5.75 Å². The smallest absolute Gasteiger partial charge is 0.338 e. The second kappa shape index (κ2) is 10.9. The van der Waals surface area contributed by atoms with E-state index in [9.17, 15) is 9.59 Å². The molecule has 1 aromatic heterocycles. The number of nitrogens with zero attached hydrogens (tertiary/aromatic N) is 2. The molecule has 1 amide bonds. The highest BCUT2D eigenvalue weighted by Crippen LogP contribution is 2.21. The van der Waals surface area contributed by atoms with Crippen molar-refractivity contribution in [1.82, 2.24) is 9.99 Å². The Morgan fingerprint density at radius 1 is 1.12 bits per heavy atom. The Kier molecular flexibility index (Phi) is 8.04. The third kappa shape index (κ3) is 5.76. The molecule has 2 aromatic carbocycles. The molecule has 0 aliphatic carbocycles. The number of nitrogens with one attached hydrogen (secondary N) is 1. The van der Waals surface area contributed by atoms with E-state index in [0.717, 1.165) is 26.2 Å². The van der Waals surface area contributed by atoms with E-state index in [1.54, 1.807) is 25.3 Å². The van der Waals surface area contributed by atoms with Crippen LogP contribution in [0, 0.1) is 17.4 Å². The Morgan fingerprint density at radius 3 is 2.53 bits per heavy atom. The Balaban J connectivity index is 1.64. The van der Waals surface area contributed by atoms with Crippen molar-refractivity contribution in [2.24, 2.45) is 5.10 Å². The van der Waals surface area contributed by atoms with E-state index < -0.39 is 0 Å². The maximum atomic E-state index is 12.0. The highest BCUT2D eigenvalue weighted by Gasteiger charge is 2.12. The molecule has 0 saturated carbocycles. The summed E-state index contributed by atoms with van der Waals surface area (Å²) in [5.74, 6) is -0.0245. The molecule has 0 bridgehead atoms. The van der Waals surface area contributed by atoms with Crippen molar-refractivity contribution in [3.05, 3.63) is 80.7 Å². The number of esters is 1. The van der Waals surface area contributed by atoms with Crippen LogP contribution in [0.1, 0.15) is 34.2 Å². The van der Waals surface area contributed by atoms with E-state index in [-0.39, 0.29) is 18.5 Å². The first kappa shape index (κ1) is 23.5. The average Bonchev–Trinajstić information content (AvgIpc) is 3.06. The highest BCUT2D eigenvalue weighted by atomic mass is 127. The highest BCUT2D eigenvalue weighted by molar-refractivity contribution is 14.1. The molecule has 0 spiro atoms. The Bertz CT molecular complexity index is 1140. The largest absolute Gasteiger partial charge is 0.483 e. The molecular weight excluding hydrogens is 521 g/mol. The van der Waals surface area contributed by atoms with E-state index in [1.807, 2.05) is 56.3 Å². The van der Waals surface area contributed by atoms with Crippen LogP contribution in [-0.4, -0.2) is 35.9 Å². The minimum atomic E-state index is -0.343. The normalized spacial score (nSPS) is 10.9. The molecule has 0 fully saturated rings. The minimum Gasteiger partial charge on any atom is -0.483 e. The van der Waals surface area contributed by atoms with Crippen molar-refractivity contribution in [1.29, 1.82) is 0 Å². The zero-order valence-corrected chi connectivity index (χ0v) is 20.3. The molecular formula is C24H24IN3O4. The van der Waals surface area contributed by atoms with Crippen LogP contribution in [0.2, 0.25) is 0 Å². The summed E-state index contributed by atoms with van der Waals surface area (Å²) in [6.45, 7) is 5.95. The molecule has 1 N–H and O–H groups in total. The Morgan fingerprint density at radius 2 is 1.84 bits per heavy atom. The Hall–Kier alpha value is -3.14. The lowest BCUT2D eigenvalue weighted by Gasteiger charge is -2.10. The second-order valence-electron chi connectivity index (χ2n) is 6.94. The van der Waals surface area contributed by atoms with Crippen LogP contribution in [0.25, 0.3) is 5.69 Å². The molecule has 0 atom stereocenters. The summed E-state index contributed by atoms with van der Waals surface area (Å²) >= 11 is 2.15. The van der Waals surface area contributed by atoms with Crippen LogP contribution in [0.3, 0.4) is 0 Å². The molecule has 166 valence electrons. The van der Waals surface area contributed by atoms with Gasteiger partial charge in [-0.3, -0.25) is 4.79 Å². The van der Waals surface area contributed by atoms with Crippen LogP contribution in [0.15, 0.2) is 59.7 Å². The molecule has 32 heavy (non-hydrogen) atoms. The van der Waals surface area contributed by atoms with Gasteiger partial charge < -0.3 is 14.0 Å². The van der Waals surface area contributed by atoms with Gasteiger partial charge >= 0.3 is 5.97 Å². The zero-order valence-electron chi connectivity index (χ0n) is 18.1. The lowest BCUT2D eigenvalue weighted by atomic mass is 10.2. The number of rotatable bonds is 8. The number of aryl methyl sites for hydroxylation is 1. The van der Waals surface area contributed by atoms with E-state index in [4.69, 9.17) is 9.47 Å². The van der Waals surface area contributed by atoms with Crippen molar-refractivity contribution >= 4 is 40.7 Å². The molecule has 0 aliphatic heterocycles. The fraction of sp³-hybridized carbons (Fsp3) is 0.208. The van der Waals surface area contributed by atoms with Gasteiger partial charge in [0.1, 0.15) is 5.75 Å². The topological polar surface area (TPSA) is 81.9 Å². The lowest BCUT2D eigenvalue weighted by molar-refractivity contribution is -0.123. The maximum absolute atomic E-state index is 12.0. The average molecular weight is 545 g/mol. The SMILES string of the molecule is CCOC(=O)c1ccc(-n2c(C)cc(C=NNC(=O)COc3ccccc3I)c2C)cc1. The quantitative estimate of drug-likeness (QED) is 0.197. The van der Waals surface area contributed by atoms with Crippen LogP contribution in [-0.2, 0) is 9.53 Å². The van der Waals surface area contributed by atoms with Crippen LogP contribution in [0.4, 0.5) is 0 Å². The molecule has 0 unspecified atom stereocenters. The van der Waals surface area contributed by atoms with Gasteiger partial charge in [0.2, 0.25) is 0 Å². The molecule has 7 nitrogen and oxygen atoms in total. The van der Waals surface area contributed by atoms with Gasteiger partial charge in [0.25, 0.3) is 5.91 Å². The molecule has 3 aromatic rings. The summed E-state index contributed by atoms with van der Waals surface area (Å²) in [7, 11) is 0. The van der Waals surface area contributed by atoms with Gasteiger partial charge in [-0.2, -0.15) is 5.10 Å². The summed E-state index contributed by atoms with van der Waals surface area (Å²) in [6, 6.07) is 16.7. The number of carbonyl (C=O) groups is 2. The first-order valence-corrected chi connectivity index (χ1v) is 11.1. The maximum Gasteiger partial charge on any atom is 0.338 e. The molecule has 0 saturated heterocycles. The van der Waals surface area contributed by atoms with Gasteiger partial charge in [-0.05, 0) is 85.8 Å². The first-order valence-electron chi connectivity index (χ1n) is 10.1. The van der Waals surface area contributed by atoms with Gasteiger partial charge in [0, 0.05) is 22.6 Å². The molecule has 3 rings (SSSR count). The monoisotopic (exact) mass is 545 g/mol. The summed E-state index contributed by atoms with van der Waals surface area (Å²) in [5, 5.41) is 4.06. The number of hydrogen-bond acceptors (Lipinski definition) is 5. The Labute approximate surface area is 200 Å². The predicted octanol–water partition coefficient (Wildman–Crippen LogP) is 4.40. The third-order valence-corrected chi connectivity index (χ3v) is 5.59. The number of ether oxygens (including phenoxy) is 2. The van der Waals surface area contributed by atoms with Crippen molar-refractivity contribution in [2.75, 3.05) is 13.2 Å². The number of benzene rings is 2. The van der Waals surface area contributed by atoms with Gasteiger partial charge in [-0.15, -0.1) is 0 Å². The molecule has 0 aliphatic rings. The number of hydrogen-bond donors (Lipinski definition) is 1. The van der Waals surface area contributed by atoms with Crippen molar-refractivity contribution in [2.45, 2.75) is 20.8 Å². The van der Waals surface area contributed by atoms with Crippen molar-refractivity contribution in [3.8, 4) is 11.4 Å². The van der Waals surface area contributed by atoms with E-state index in [2.05, 4.69) is 37.7 Å². The van der Waals surface area contributed by atoms with Gasteiger partial charge in [0.05, 0.1) is 22.0 Å². The van der Waals surface area contributed by atoms with E-state index >= 15 is 0 Å². The molecule has 1 heterocycles. The standard InChI is InChI=1S/C24H24IN3O4/c1-4-31-24(30)18-9-11-20(12-10-18)28-16(2)13-19(17(28)3)14-26-27-23(29)15-32-22-8-6-5-7-21(22)25/h5-14H,4,15H2,1-3H3,(H,27,29). The van der Waals surface area contributed by atoms with Gasteiger partial charge in [0.15, 0.2) is 6.61 Å². The zero-order chi connectivity index (χ0) is 23.1.